The van der Waals surface area contributed by atoms with E-state index in [2.05, 4.69) is 54.5 Å². The van der Waals surface area contributed by atoms with Gasteiger partial charge in [0.2, 0.25) is 7.09 Å². The summed E-state index contributed by atoms with van der Waals surface area (Å²) in [6, 6.07) is 0. The summed E-state index contributed by atoms with van der Waals surface area (Å²) in [5, 5.41) is 24.0. The van der Waals surface area contributed by atoms with Crippen LogP contribution in [0.2, 0.25) is 0 Å². The van der Waals surface area contributed by atoms with E-state index in [-0.39, 0.29) is 51.3 Å². The van der Waals surface area contributed by atoms with Crippen molar-refractivity contribution in [2.75, 3.05) is 0 Å². The number of allylic oxidation sites excluding steroid dienone is 2. The van der Waals surface area contributed by atoms with Gasteiger partial charge in [-0.05, 0) is 125 Å². The molecule has 203 valence electrons. The van der Waals surface area contributed by atoms with Crippen molar-refractivity contribution in [1.82, 2.24) is 0 Å². The van der Waals surface area contributed by atoms with Crippen molar-refractivity contribution in [3.05, 3.63) is 11.6 Å². The highest BCUT2D eigenvalue weighted by Crippen LogP contribution is 2.86. The highest BCUT2D eigenvalue weighted by Gasteiger charge is 2.82. The van der Waals surface area contributed by atoms with Gasteiger partial charge < -0.3 is 14.4 Å². The molecule has 5 fully saturated rings. The van der Waals surface area contributed by atoms with Crippen LogP contribution in [0.1, 0.15) is 113 Å². The van der Waals surface area contributed by atoms with Crippen molar-refractivity contribution in [3.63, 3.8) is 0 Å². The molecule has 0 aromatic rings. The summed E-state index contributed by atoms with van der Waals surface area (Å²) in [6.07, 6.45) is 12.7. The van der Waals surface area contributed by atoms with Gasteiger partial charge in [0.1, 0.15) is 0 Å². The summed E-state index contributed by atoms with van der Waals surface area (Å²) in [4.78, 5) is 0. The SMILES string of the molecule is [3H][B]SOC1CC[C@@]2(C)C(CCC3(C)C2C(O)CC2C4(CC4(CC)CCC=C(C)C)[C@@H](O)C[C@@]23C)C1C. The molecule has 3 nitrogen and oxygen atoms in total. The summed E-state index contributed by atoms with van der Waals surface area (Å²) in [5.74, 6) is 1.63. The van der Waals surface area contributed by atoms with Crippen molar-refractivity contribution < 1.29 is 14.4 Å². The molecular weight excluding hydrogens is 463 g/mol. The summed E-state index contributed by atoms with van der Waals surface area (Å²) in [6.45, 7) is 16.6. The maximum absolute atomic E-state index is 12.1. The number of hydrogen-bond donors (Lipinski definition) is 2. The van der Waals surface area contributed by atoms with Gasteiger partial charge in [0.25, 0.3) is 0 Å². The summed E-state index contributed by atoms with van der Waals surface area (Å²) in [5.41, 5.74) is 1.78. The molecule has 5 aliphatic carbocycles. The van der Waals surface area contributed by atoms with Crippen LogP contribution in [-0.2, 0) is 4.18 Å². The Balaban J connectivity index is 1.46. The zero-order valence-electron chi connectivity index (χ0n) is 25.0. The van der Waals surface area contributed by atoms with E-state index in [4.69, 9.17) is 5.52 Å². The van der Waals surface area contributed by atoms with Crippen LogP contribution in [-0.4, -0.2) is 36.9 Å². The fourth-order valence-corrected chi connectivity index (χ4v) is 12.3. The maximum atomic E-state index is 12.1. The fraction of sp³-hybridized carbons (Fsp3) is 0.935. The number of aliphatic hydroxyl groups excluding tert-OH is 2. The van der Waals surface area contributed by atoms with Crippen molar-refractivity contribution >= 4 is 19.0 Å². The lowest BCUT2D eigenvalue weighted by Crippen LogP contribution is -2.66. The van der Waals surface area contributed by atoms with E-state index in [1.807, 2.05) is 0 Å². The topological polar surface area (TPSA) is 49.7 Å². The van der Waals surface area contributed by atoms with Gasteiger partial charge in [-0.1, -0.05) is 58.2 Å². The van der Waals surface area contributed by atoms with Crippen LogP contribution in [0.5, 0.6) is 0 Å². The third kappa shape index (κ3) is 3.43. The molecule has 0 heterocycles. The van der Waals surface area contributed by atoms with E-state index >= 15 is 0 Å². The number of hydrogen-bond acceptors (Lipinski definition) is 4. The molecule has 0 aromatic heterocycles. The summed E-state index contributed by atoms with van der Waals surface area (Å²) >= 11 is 1.17. The Labute approximate surface area is 227 Å². The minimum Gasteiger partial charge on any atom is -0.393 e. The first kappa shape index (κ1) is 26.3. The monoisotopic (exact) mass is 517 g/mol. The van der Waals surface area contributed by atoms with Crippen LogP contribution >= 0.6 is 11.9 Å². The predicted molar refractivity (Wildman–Crippen MR) is 152 cm³/mol. The van der Waals surface area contributed by atoms with Crippen molar-refractivity contribution in [1.29, 1.82) is 1.34 Å². The molecule has 5 aliphatic rings. The largest absolute Gasteiger partial charge is 0.393 e. The Hall–Kier alpha value is 0.0349. The second kappa shape index (κ2) is 9.03. The van der Waals surface area contributed by atoms with Crippen LogP contribution in [0, 0.1) is 50.7 Å². The first-order valence-electron chi connectivity index (χ1n) is 15.5. The van der Waals surface area contributed by atoms with E-state index in [0.29, 0.717) is 17.8 Å². The average molecular weight is 518 g/mol. The van der Waals surface area contributed by atoms with Gasteiger partial charge in [0.15, 0.2) is 0 Å². The number of rotatable bonds is 7. The number of fused-ring (bicyclic) bond motifs is 6. The lowest BCUT2D eigenvalue weighted by molar-refractivity contribution is -0.239. The maximum Gasteiger partial charge on any atom is 0.209 e. The zero-order valence-corrected chi connectivity index (χ0v) is 24.8. The van der Waals surface area contributed by atoms with Gasteiger partial charge in [-0.15, -0.1) is 0 Å². The molecule has 2 N–H and O–H groups in total. The molecule has 0 saturated heterocycles. The first-order valence-corrected chi connectivity index (χ1v) is 15.7. The van der Waals surface area contributed by atoms with E-state index < -0.39 is 0 Å². The Bertz CT molecular complexity index is 913. The molecule has 1 radical (unpaired) electrons. The molecule has 12 atom stereocenters. The Morgan fingerprint density at radius 2 is 1.92 bits per heavy atom. The predicted octanol–water partition coefficient (Wildman–Crippen LogP) is 6.99. The van der Waals surface area contributed by atoms with Crippen LogP contribution < -0.4 is 0 Å². The van der Waals surface area contributed by atoms with Crippen LogP contribution in [0.25, 0.3) is 0 Å². The van der Waals surface area contributed by atoms with Gasteiger partial charge in [0.05, 0.1) is 18.3 Å². The van der Waals surface area contributed by atoms with Gasteiger partial charge in [0, 0.05) is 5.41 Å². The second-order valence-corrected chi connectivity index (χ2v) is 15.2. The quantitative estimate of drug-likeness (QED) is 0.217. The second-order valence-electron chi connectivity index (χ2n) is 14.8. The highest BCUT2D eigenvalue weighted by molar-refractivity contribution is 8.15. The minimum atomic E-state index is -0.299. The van der Waals surface area contributed by atoms with E-state index in [1.165, 1.54) is 37.4 Å². The molecule has 9 unspecified atom stereocenters. The lowest BCUT2D eigenvalue weighted by Gasteiger charge is -2.69. The smallest absolute Gasteiger partial charge is 0.209 e. The fourth-order valence-electron chi connectivity index (χ4n) is 11.9. The Kier molecular flexibility index (Phi) is 6.59. The molecule has 1 spiro atoms. The van der Waals surface area contributed by atoms with Crippen molar-refractivity contribution in [2.24, 2.45) is 50.7 Å². The minimum absolute atomic E-state index is 0.0124. The lowest BCUT2D eigenvalue weighted by atomic mass is 9.36. The molecule has 36 heavy (non-hydrogen) atoms. The van der Waals surface area contributed by atoms with E-state index in [1.54, 1.807) is 0 Å². The molecule has 0 amide bonds. The van der Waals surface area contributed by atoms with E-state index in [9.17, 15) is 10.2 Å². The molecule has 5 rings (SSSR count). The molecular formula is C31H52BO3S. The molecule has 0 bridgehead atoms. The van der Waals surface area contributed by atoms with Crippen LogP contribution in [0.3, 0.4) is 0 Å². The molecule has 0 aliphatic heterocycles. The van der Waals surface area contributed by atoms with Crippen molar-refractivity contribution in [2.45, 2.75) is 131 Å². The highest BCUT2D eigenvalue weighted by atomic mass is 32.2. The standard InChI is InChI=1S/C31H52BO3S/c1-8-30(13-9-10-19(2)3)18-31(30)24-16-22(33)26-27(5)14-12-23(35-36-32)20(4)21(27)11-15-28(26,6)29(24,7)17-25(31)34/h10,20-26,32-34H,8-9,11-18H2,1-7H3/t20?,21?,22?,23?,24?,25-,26?,27-,28?,29-,30?,31?/m0/s1/i32T. The third-order valence-electron chi connectivity index (χ3n) is 13.7. The average Bonchev–Trinajstić information content (AvgIpc) is 3.44. The molecule has 0 aromatic carbocycles. The zero-order chi connectivity index (χ0) is 27.0. The molecule has 5 saturated carbocycles. The Morgan fingerprint density at radius 3 is 2.58 bits per heavy atom. The first-order chi connectivity index (χ1) is 17.4. The number of aliphatic hydroxyl groups is 2. The van der Waals surface area contributed by atoms with Crippen LogP contribution in [0.4, 0.5) is 0 Å². The van der Waals surface area contributed by atoms with Gasteiger partial charge in [-0.25, -0.2) is 0 Å². The Morgan fingerprint density at radius 1 is 1.17 bits per heavy atom. The van der Waals surface area contributed by atoms with Gasteiger partial charge >= 0.3 is 0 Å². The van der Waals surface area contributed by atoms with Gasteiger partial charge in [-0.3, -0.25) is 0 Å². The van der Waals surface area contributed by atoms with Crippen LogP contribution in [0.15, 0.2) is 11.6 Å². The third-order valence-corrected chi connectivity index (χ3v) is 14.1. The summed E-state index contributed by atoms with van der Waals surface area (Å²) in [7, 11) is 1.29. The van der Waals surface area contributed by atoms with E-state index in [0.717, 1.165) is 51.4 Å². The van der Waals surface area contributed by atoms with Crippen molar-refractivity contribution in [3.8, 4) is 0 Å². The summed E-state index contributed by atoms with van der Waals surface area (Å²) < 4.78 is 13.4. The molecule has 5 heteroatoms. The van der Waals surface area contributed by atoms with Gasteiger partial charge in [-0.2, -0.15) is 0 Å². The normalized spacial score (nSPS) is 55.8.